The van der Waals surface area contributed by atoms with Crippen molar-refractivity contribution in [1.29, 1.82) is 0 Å². The molecule has 30 heavy (non-hydrogen) atoms. The molecule has 1 atom stereocenters. The minimum absolute atomic E-state index is 0.201. The number of rotatable bonds is 4. The largest absolute Gasteiger partial charge is 0.490 e. The number of para-hydroxylation sites is 1. The Morgan fingerprint density at radius 1 is 1.10 bits per heavy atom. The van der Waals surface area contributed by atoms with E-state index in [9.17, 15) is 4.79 Å². The topological polar surface area (TPSA) is 63.9 Å². The third-order valence-corrected chi connectivity index (χ3v) is 5.66. The van der Waals surface area contributed by atoms with Crippen molar-refractivity contribution in [3.63, 3.8) is 0 Å². The molecule has 0 fully saturated rings. The van der Waals surface area contributed by atoms with Crippen molar-refractivity contribution in [1.82, 2.24) is 0 Å². The number of nitrogens with one attached hydrogen (secondary N) is 1. The van der Waals surface area contributed by atoms with Crippen LogP contribution in [0.4, 0.5) is 11.4 Å². The molecule has 2 aliphatic heterocycles. The number of ether oxygens (including phenoxy) is 2. The van der Waals surface area contributed by atoms with E-state index in [-0.39, 0.29) is 5.91 Å². The van der Waals surface area contributed by atoms with Crippen LogP contribution in [0, 0.1) is 0 Å². The van der Waals surface area contributed by atoms with Crippen LogP contribution in [0.1, 0.15) is 35.0 Å². The molecule has 0 bridgehead atoms. The zero-order valence-electron chi connectivity index (χ0n) is 16.9. The van der Waals surface area contributed by atoms with E-state index >= 15 is 0 Å². The normalized spacial score (nSPS) is 17.4. The summed E-state index contributed by atoms with van der Waals surface area (Å²) in [4.78, 5) is 15.3. The highest BCUT2D eigenvalue weighted by atomic mass is 16.5. The molecule has 0 saturated heterocycles. The van der Waals surface area contributed by atoms with Crippen molar-refractivity contribution in [2.75, 3.05) is 23.4 Å². The van der Waals surface area contributed by atoms with Gasteiger partial charge in [-0.15, -0.1) is 0 Å². The fraction of sp³-hybridized carbons (Fsp3) is 0.292. The van der Waals surface area contributed by atoms with E-state index in [0.717, 1.165) is 12.8 Å². The molecule has 2 aromatic carbocycles. The van der Waals surface area contributed by atoms with E-state index in [1.165, 1.54) is 11.3 Å². The van der Waals surface area contributed by atoms with Gasteiger partial charge in [0.2, 0.25) is 0 Å². The third kappa shape index (κ3) is 3.49. The van der Waals surface area contributed by atoms with Crippen LogP contribution in [0.5, 0.6) is 11.5 Å². The summed E-state index contributed by atoms with van der Waals surface area (Å²) in [7, 11) is 0. The molecule has 1 amide bonds. The highest BCUT2D eigenvalue weighted by Gasteiger charge is 2.28. The minimum Gasteiger partial charge on any atom is -0.490 e. The van der Waals surface area contributed by atoms with Gasteiger partial charge in [-0.3, -0.25) is 4.79 Å². The Bertz CT molecular complexity index is 1070. The van der Waals surface area contributed by atoms with Gasteiger partial charge in [0, 0.05) is 29.9 Å². The summed E-state index contributed by atoms with van der Waals surface area (Å²) in [6.07, 6.45) is 3.41. The minimum atomic E-state index is -0.201. The molecule has 0 radical (unpaired) electrons. The van der Waals surface area contributed by atoms with Gasteiger partial charge in [-0.25, -0.2) is 0 Å². The average Bonchev–Trinajstić information content (AvgIpc) is 3.25. The maximum atomic E-state index is 13.0. The fourth-order valence-corrected chi connectivity index (χ4v) is 4.13. The lowest BCUT2D eigenvalue weighted by atomic mass is 10.1. The molecular weight excluding hydrogens is 380 g/mol. The van der Waals surface area contributed by atoms with Crippen LogP contribution in [0.3, 0.4) is 0 Å². The highest BCUT2D eigenvalue weighted by Crippen LogP contribution is 2.34. The van der Waals surface area contributed by atoms with Gasteiger partial charge in [-0.2, -0.15) is 0 Å². The lowest BCUT2D eigenvalue weighted by Gasteiger charge is -2.24. The number of carbonyl (C=O) groups excluding carboxylic acids is 1. The van der Waals surface area contributed by atoms with E-state index in [0.29, 0.717) is 54.3 Å². The van der Waals surface area contributed by atoms with E-state index in [1.807, 2.05) is 18.2 Å². The Morgan fingerprint density at radius 3 is 2.83 bits per heavy atom. The van der Waals surface area contributed by atoms with Crippen molar-refractivity contribution in [2.24, 2.45) is 0 Å². The first-order valence-electron chi connectivity index (χ1n) is 10.3. The predicted molar refractivity (Wildman–Crippen MR) is 115 cm³/mol. The molecule has 3 heterocycles. The molecule has 6 nitrogen and oxygen atoms in total. The monoisotopic (exact) mass is 404 g/mol. The molecule has 5 rings (SSSR count). The van der Waals surface area contributed by atoms with E-state index in [4.69, 9.17) is 13.9 Å². The standard InChI is InChI=1S/C24H24N2O4/c1-16-13-17-5-2-3-6-20(17)26(16)15-23-19(9-12-30-23)24(27)25-18-7-8-21-22(14-18)29-11-4-10-28-21/h2-3,5-9,12,14,16H,4,10-11,13,15H2,1H3,(H,25,27). The van der Waals surface area contributed by atoms with Crippen LogP contribution in [-0.4, -0.2) is 25.2 Å². The van der Waals surface area contributed by atoms with Crippen LogP contribution in [0.15, 0.2) is 59.2 Å². The van der Waals surface area contributed by atoms with Crippen molar-refractivity contribution < 1.29 is 18.7 Å². The maximum absolute atomic E-state index is 13.0. The molecular formula is C24H24N2O4. The summed E-state index contributed by atoms with van der Waals surface area (Å²) in [5, 5.41) is 2.96. The number of amides is 1. The Labute approximate surface area is 175 Å². The van der Waals surface area contributed by atoms with Crippen molar-refractivity contribution in [3.05, 3.63) is 71.7 Å². The second kappa shape index (κ2) is 7.78. The zero-order chi connectivity index (χ0) is 20.5. The van der Waals surface area contributed by atoms with Crippen LogP contribution in [-0.2, 0) is 13.0 Å². The summed E-state index contributed by atoms with van der Waals surface area (Å²) in [6, 6.07) is 15.9. The smallest absolute Gasteiger partial charge is 0.259 e. The second-order valence-electron chi connectivity index (χ2n) is 7.73. The van der Waals surface area contributed by atoms with E-state index in [1.54, 1.807) is 18.4 Å². The van der Waals surface area contributed by atoms with Gasteiger partial charge in [0.15, 0.2) is 11.5 Å². The van der Waals surface area contributed by atoms with Crippen LogP contribution >= 0.6 is 0 Å². The van der Waals surface area contributed by atoms with Crippen LogP contribution in [0.25, 0.3) is 0 Å². The number of hydrogen-bond donors (Lipinski definition) is 1. The lowest BCUT2D eigenvalue weighted by Crippen LogP contribution is -2.29. The van der Waals surface area contributed by atoms with Crippen LogP contribution < -0.4 is 19.7 Å². The van der Waals surface area contributed by atoms with Gasteiger partial charge in [0.1, 0.15) is 5.76 Å². The first-order chi connectivity index (χ1) is 14.7. The summed E-state index contributed by atoms with van der Waals surface area (Å²) in [6.45, 7) is 3.98. The van der Waals surface area contributed by atoms with Crippen LogP contribution in [0.2, 0.25) is 0 Å². The van der Waals surface area contributed by atoms with Gasteiger partial charge in [0.25, 0.3) is 5.91 Å². The molecule has 2 aliphatic rings. The summed E-state index contributed by atoms with van der Waals surface area (Å²) in [5.41, 5.74) is 3.74. The number of fused-ring (bicyclic) bond motifs is 2. The molecule has 154 valence electrons. The molecule has 0 saturated carbocycles. The van der Waals surface area contributed by atoms with Gasteiger partial charge in [0.05, 0.1) is 31.6 Å². The molecule has 0 spiro atoms. The van der Waals surface area contributed by atoms with Crippen molar-refractivity contribution in [3.8, 4) is 11.5 Å². The number of anilines is 2. The molecule has 3 aromatic rings. The second-order valence-corrected chi connectivity index (χ2v) is 7.73. The number of furan rings is 1. The van der Waals surface area contributed by atoms with Crippen molar-refractivity contribution >= 4 is 17.3 Å². The Balaban J connectivity index is 1.34. The number of hydrogen-bond acceptors (Lipinski definition) is 5. The molecule has 1 unspecified atom stereocenters. The molecule has 6 heteroatoms. The third-order valence-electron chi connectivity index (χ3n) is 5.66. The molecule has 1 N–H and O–H groups in total. The maximum Gasteiger partial charge on any atom is 0.259 e. The average molecular weight is 404 g/mol. The van der Waals surface area contributed by atoms with E-state index < -0.39 is 0 Å². The molecule has 0 aliphatic carbocycles. The summed E-state index contributed by atoms with van der Waals surface area (Å²) in [5.74, 6) is 1.81. The Morgan fingerprint density at radius 2 is 1.93 bits per heavy atom. The van der Waals surface area contributed by atoms with Gasteiger partial charge in [-0.1, -0.05) is 18.2 Å². The zero-order valence-corrected chi connectivity index (χ0v) is 16.9. The predicted octanol–water partition coefficient (Wildman–Crippen LogP) is 4.64. The highest BCUT2D eigenvalue weighted by molar-refractivity contribution is 6.05. The Kier molecular flexibility index (Phi) is 4.83. The Hall–Kier alpha value is -3.41. The van der Waals surface area contributed by atoms with Gasteiger partial charge >= 0.3 is 0 Å². The lowest BCUT2D eigenvalue weighted by molar-refractivity contribution is 0.102. The number of carbonyl (C=O) groups is 1. The van der Waals surface area contributed by atoms with E-state index in [2.05, 4.69) is 35.3 Å². The summed E-state index contributed by atoms with van der Waals surface area (Å²) >= 11 is 0. The number of benzene rings is 2. The quantitative estimate of drug-likeness (QED) is 0.686. The van der Waals surface area contributed by atoms with Crippen molar-refractivity contribution in [2.45, 2.75) is 32.4 Å². The SMILES string of the molecule is CC1Cc2ccccc2N1Cc1occc1C(=O)Nc1ccc2c(c1)OCCCO2. The first-order valence-corrected chi connectivity index (χ1v) is 10.3. The first kappa shape index (κ1) is 18.6. The number of nitrogens with zero attached hydrogens (tertiary/aromatic N) is 1. The molecule has 1 aromatic heterocycles. The van der Waals surface area contributed by atoms with Gasteiger partial charge in [-0.05, 0) is 43.2 Å². The van der Waals surface area contributed by atoms with Gasteiger partial charge < -0.3 is 24.1 Å². The summed E-state index contributed by atoms with van der Waals surface area (Å²) < 4.78 is 17.1. The fourth-order valence-electron chi connectivity index (χ4n) is 4.13.